The molecule has 4 amide bonds. The molecular weight excluding hydrogens is 664 g/mol. The number of alkyl halides is 7. The highest BCUT2D eigenvalue weighted by Crippen LogP contribution is 2.53. The summed E-state index contributed by atoms with van der Waals surface area (Å²) in [6, 6.07) is 9.65. The summed E-state index contributed by atoms with van der Waals surface area (Å²) < 4.78 is 111. The van der Waals surface area contributed by atoms with Crippen LogP contribution in [0, 0.1) is 24.6 Å². The summed E-state index contributed by atoms with van der Waals surface area (Å²) in [5.41, 5.74) is -10.3. The first-order valence-electron chi connectivity index (χ1n) is 14.1. The number of rotatable bonds is 7. The van der Waals surface area contributed by atoms with Gasteiger partial charge >= 0.3 is 18.0 Å². The number of imide groups is 2. The molecule has 5 rings (SSSR count). The van der Waals surface area contributed by atoms with Gasteiger partial charge in [-0.1, -0.05) is 41.9 Å². The largest absolute Gasteiger partial charge is 0.435 e. The van der Waals surface area contributed by atoms with Crippen molar-refractivity contribution in [3.63, 3.8) is 0 Å². The van der Waals surface area contributed by atoms with E-state index in [2.05, 4.69) is 0 Å². The van der Waals surface area contributed by atoms with Gasteiger partial charge in [-0.05, 0) is 68.5 Å². The lowest BCUT2D eigenvalue weighted by Gasteiger charge is -2.31. The topological polar surface area (TPSA) is 74.8 Å². The Balaban J connectivity index is 1.60. The van der Waals surface area contributed by atoms with Gasteiger partial charge in [-0.3, -0.25) is 19.2 Å². The molecule has 0 spiro atoms. The average Bonchev–Trinajstić information content (AvgIpc) is 3.91. The van der Waals surface area contributed by atoms with E-state index in [9.17, 15) is 49.9 Å². The fraction of sp³-hybridized carbons (Fsp3) is 0.312. The quantitative estimate of drug-likeness (QED) is 0.185. The van der Waals surface area contributed by atoms with Crippen molar-refractivity contribution < 1.29 is 54.3 Å². The van der Waals surface area contributed by atoms with Crippen molar-refractivity contribution in [3.8, 4) is 0 Å². The molecule has 3 aromatic carbocycles. The van der Waals surface area contributed by atoms with E-state index in [1.54, 1.807) is 0 Å². The highest BCUT2D eigenvalue weighted by molar-refractivity contribution is 6.36. The number of benzene rings is 3. The van der Waals surface area contributed by atoms with Crippen LogP contribution in [0.3, 0.4) is 0 Å². The minimum atomic E-state index is -6.41. The normalized spacial score (nSPS) is 15.3. The summed E-state index contributed by atoms with van der Waals surface area (Å²) in [6.45, 7) is 0.956. The van der Waals surface area contributed by atoms with E-state index in [1.807, 2.05) is 0 Å². The molecule has 0 N–H and O–H groups in total. The standard InChI is InChI=1S/C32H23ClF8N2O4/c1-16-15-19(30(35,31(36,37)38)32(39,40)41)13-14-23(16)42(26(44)17-9-10-17)29(47)21-6-4-8-24(25(21)34)43(27(45)18-11-12-18)28(46)20-5-2-3-7-22(20)33/h2-8,13-15,17-18H,9-12H2,1H3. The smallest absolute Gasteiger partial charge is 0.274 e. The number of carbonyl (C=O) groups excluding carboxylic acids is 4. The van der Waals surface area contributed by atoms with Crippen LogP contribution in [0.5, 0.6) is 0 Å². The third-order valence-corrected chi connectivity index (χ3v) is 8.20. The van der Waals surface area contributed by atoms with E-state index in [1.165, 1.54) is 24.3 Å². The summed E-state index contributed by atoms with van der Waals surface area (Å²) in [7, 11) is 0. The van der Waals surface area contributed by atoms with Crippen LogP contribution in [0.1, 0.15) is 57.5 Å². The van der Waals surface area contributed by atoms with E-state index < -0.39 is 87.4 Å². The second-order valence-electron chi connectivity index (χ2n) is 11.3. The third-order valence-electron chi connectivity index (χ3n) is 7.87. The molecule has 6 nitrogen and oxygen atoms in total. The third kappa shape index (κ3) is 6.10. The second-order valence-corrected chi connectivity index (χ2v) is 11.7. The van der Waals surface area contributed by atoms with Crippen LogP contribution in [0.25, 0.3) is 0 Å². The molecule has 2 saturated carbocycles. The Bertz CT molecular complexity index is 1770. The molecule has 0 unspecified atom stereocenters. The zero-order valence-corrected chi connectivity index (χ0v) is 24.9. The van der Waals surface area contributed by atoms with E-state index in [4.69, 9.17) is 11.6 Å². The molecule has 2 fully saturated rings. The first kappa shape index (κ1) is 34.0. The van der Waals surface area contributed by atoms with Crippen molar-refractivity contribution in [2.24, 2.45) is 11.8 Å². The van der Waals surface area contributed by atoms with Crippen LogP contribution >= 0.6 is 11.6 Å². The minimum Gasteiger partial charge on any atom is -0.274 e. The van der Waals surface area contributed by atoms with Gasteiger partial charge in [0.25, 0.3) is 11.8 Å². The van der Waals surface area contributed by atoms with E-state index in [-0.39, 0.29) is 35.6 Å². The lowest BCUT2D eigenvalue weighted by atomic mass is 9.92. The molecule has 2 aliphatic carbocycles. The molecule has 47 heavy (non-hydrogen) atoms. The van der Waals surface area contributed by atoms with Crippen LogP contribution in [0.2, 0.25) is 5.02 Å². The Morgan fingerprint density at radius 3 is 1.66 bits per heavy atom. The van der Waals surface area contributed by atoms with E-state index in [0.29, 0.717) is 28.7 Å². The molecule has 0 saturated heterocycles. The highest BCUT2D eigenvalue weighted by atomic mass is 35.5. The van der Waals surface area contributed by atoms with Gasteiger partial charge in [0.15, 0.2) is 5.82 Å². The van der Waals surface area contributed by atoms with Gasteiger partial charge in [0.05, 0.1) is 27.5 Å². The summed E-state index contributed by atoms with van der Waals surface area (Å²) in [5.74, 6) is -6.91. The van der Waals surface area contributed by atoms with Crippen LogP contribution in [-0.4, -0.2) is 36.0 Å². The predicted molar refractivity (Wildman–Crippen MR) is 153 cm³/mol. The lowest BCUT2D eigenvalue weighted by molar-refractivity contribution is -0.348. The number of carbonyl (C=O) groups is 4. The zero-order chi connectivity index (χ0) is 34.6. The van der Waals surface area contributed by atoms with Gasteiger partial charge < -0.3 is 0 Å². The molecule has 3 aromatic rings. The Hall–Kier alpha value is -4.33. The summed E-state index contributed by atoms with van der Waals surface area (Å²) in [4.78, 5) is 55.0. The van der Waals surface area contributed by atoms with Crippen LogP contribution in [0.4, 0.5) is 46.5 Å². The van der Waals surface area contributed by atoms with Crippen molar-refractivity contribution in [2.45, 2.75) is 50.6 Å². The molecule has 248 valence electrons. The molecule has 0 heterocycles. The number of nitrogens with zero attached hydrogens (tertiary/aromatic N) is 2. The first-order chi connectivity index (χ1) is 21.9. The Morgan fingerprint density at radius 1 is 0.681 bits per heavy atom. The molecule has 0 bridgehead atoms. The van der Waals surface area contributed by atoms with Crippen molar-refractivity contribution in [2.75, 3.05) is 9.80 Å². The van der Waals surface area contributed by atoms with E-state index >= 15 is 4.39 Å². The molecular formula is C32H23ClF8N2O4. The maximum Gasteiger partial charge on any atom is 0.435 e. The summed E-state index contributed by atoms with van der Waals surface area (Å²) in [6.07, 6.45) is -11.4. The van der Waals surface area contributed by atoms with Crippen LogP contribution in [0.15, 0.2) is 60.7 Å². The molecule has 0 aromatic heterocycles. The van der Waals surface area contributed by atoms with E-state index in [0.717, 1.165) is 25.1 Å². The van der Waals surface area contributed by atoms with Gasteiger partial charge in [-0.15, -0.1) is 0 Å². The number of amides is 4. The van der Waals surface area contributed by atoms with Gasteiger partial charge in [0.2, 0.25) is 11.8 Å². The molecule has 2 aliphatic rings. The summed E-state index contributed by atoms with van der Waals surface area (Å²) >= 11 is 6.16. The number of aryl methyl sites for hydroxylation is 1. The van der Waals surface area contributed by atoms with Crippen LogP contribution in [-0.2, 0) is 15.3 Å². The van der Waals surface area contributed by atoms with Crippen molar-refractivity contribution >= 4 is 46.6 Å². The SMILES string of the molecule is Cc1cc(C(F)(C(F)(F)F)C(F)(F)F)ccc1N(C(=O)c1cccc(N(C(=O)c2ccccc2Cl)C(=O)C2CC2)c1F)C(=O)C1CC1. The number of hydrogen-bond acceptors (Lipinski definition) is 4. The fourth-order valence-corrected chi connectivity index (χ4v) is 5.24. The number of hydrogen-bond donors (Lipinski definition) is 0. The molecule has 0 atom stereocenters. The zero-order valence-electron chi connectivity index (χ0n) is 24.2. The van der Waals surface area contributed by atoms with Crippen LogP contribution < -0.4 is 9.80 Å². The molecule has 15 heteroatoms. The van der Waals surface area contributed by atoms with Crippen molar-refractivity contribution in [1.29, 1.82) is 0 Å². The van der Waals surface area contributed by atoms with Crippen molar-refractivity contribution in [3.05, 3.63) is 93.8 Å². The maximum atomic E-state index is 16.3. The number of anilines is 2. The van der Waals surface area contributed by atoms with Gasteiger partial charge in [0.1, 0.15) is 0 Å². The monoisotopic (exact) mass is 686 g/mol. The number of halogens is 9. The minimum absolute atomic E-state index is 0.0489. The Morgan fingerprint density at radius 2 is 1.17 bits per heavy atom. The van der Waals surface area contributed by atoms with Gasteiger partial charge in [-0.2, -0.15) is 26.3 Å². The maximum absolute atomic E-state index is 16.3. The highest BCUT2D eigenvalue weighted by Gasteiger charge is 2.73. The summed E-state index contributed by atoms with van der Waals surface area (Å²) in [5, 5.41) is -0.0489. The average molecular weight is 687 g/mol. The fourth-order valence-electron chi connectivity index (χ4n) is 5.02. The molecule has 0 radical (unpaired) electrons. The first-order valence-corrected chi connectivity index (χ1v) is 14.5. The molecule has 0 aliphatic heterocycles. The lowest BCUT2D eigenvalue weighted by Crippen LogP contribution is -2.50. The second kappa shape index (κ2) is 12.0. The Kier molecular flexibility index (Phi) is 8.71. The van der Waals surface area contributed by atoms with Gasteiger partial charge in [-0.25, -0.2) is 18.6 Å². The van der Waals surface area contributed by atoms with Gasteiger partial charge in [0, 0.05) is 17.4 Å². The Labute approximate surface area is 266 Å². The predicted octanol–water partition coefficient (Wildman–Crippen LogP) is 8.24. The van der Waals surface area contributed by atoms with Crippen molar-refractivity contribution in [1.82, 2.24) is 0 Å².